The number of ether oxygens (including phenoxy) is 3. The molecule has 210 valence electrons. The van der Waals surface area contributed by atoms with Crippen molar-refractivity contribution in [3.63, 3.8) is 0 Å². The van der Waals surface area contributed by atoms with Crippen molar-refractivity contribution in [3.05, 3.63) is 11.6 Å². The Kier molecular flexibility index (Phi) is 21.2. The number of hydrogen-bond acceptors (Lipinski definition) is 6. The van der Waals surface area contributed by atoms with Gasteiger partial charge in [0.25, 0.3) is 0 Å². The van der Waals surface area contributed by atoms with Crippen molar-refractivity contribution < 1.29 is 28.6 Å². The fraction of sp³-hybridized carbons (Fsp3) is 0.833. The molecule has 6 heteroatoms. The lowest BCUT2D eigenvalue weighted by Gasteiger charge is -2.17. The first-order chi connectivity index (χ1) is 17.2. The summed E-state index contributed by atoms with van der Waals surface area (Å²) in [5.74, 6) is -1.81. The molecule has 0 aromatic heterocycles. The van der Waals surface area contributed by atoms with E-state index >= 15 is 0 Å². The van der Waals surface area contributed by atoms with Gasteiger partial charge in [0.1, 0.15) is 0 Å². The molecular weight excluding hydrogens is 456 g/mol. The van der Waals surface area contributed by atoms with Crippen molar-refractivity contribution >= 4 is 17.9 Å². The number of esters is 3. The van der Waals surface area contributed by atoms with Crippen molar-refractivity contribution in [1.29, 1.82) is 0 Å². The number of unbranched alkanes of at least 4 members (excludes halogenated alkanes) is 9. The fourth-order valence-electron chi connectivity index (χ4n) is 3.99. The Bertz CT molecular complexity index is 627. The van der Waals surface area contributed by atoms with Crippen molar-refractivity contribution in [2.24, 2.45) is 0 Å². The summed E-state index contributed by atoms with van der Waals surface area (Å²) >= 11 is 0. The lowest BCUT2D eigenvalue weighted by Crippen LogP contribution is -2.22. The molecule has 0 aromatic rings. The minimum absolute atomic E-state index is 0.0122. The van der Waals surface area contributed by atoms with Crippen LogP contribution < -0.4 is 0 Å². The van der Waals surface area contributed by atoms with Crippen molar-refractivity contribution in [1.82, 2.24) is 0 Å². The quantitative estimate of drug-likeness (QED) is 0.0635. The summed E-state index contributed by atoms with van der Waals surface area (Å²) in [4.78, 5) is 38.0. The second-order valence-corrected chi connectivity index (χ2v) is 10.2. The van der Waals surface area contributed by atoms with Crippen LogP contribution in [0.4, 0.5) is 0 Å². The fourth-order valence-corrected chi connectivity index (χ4v) is 3.99. The molecule has 0 aliphatic rings. The highest BCUT2D eigenvalue weighted by Crippen LogP contribution is 2.16. The van der Waals surface area contributed by atoms with Crippen LogP contribution in [-0.2, 0) is 28.6 Å². The van der Waals surface area contributed by atoms with Gasteiger partial charge in [0.15, 0.2) is 0 Å². The molecule has 0 N–H and O–H groups in total. The summed E-state index contributed by atoms with van der Waals surface area (Å²) in [5.41, 5.74) is -0.0122. The number of hydrogen-bond donors (Lipinski definition) is 0. The molecule has 0 unspecified atom stereocenters. The minimum atomic E-state index is -0.655. The third-order valence-corrected chi connectivity index (χ3v) is 6.24. The predicted molar refractivity (Wildman–Crippen MR) is 146 cm³/mol. The first-order valence-electron chi connectivity index (χ1n) is 14.5. The maximum absolute atomic E-state index is 12.9. The topological polar surface area (TPSA) is 78.9 Å². The van der Waals surface area contributed by atoms with E-state index in [-0.39, 0.29) is 30.3 Å². The minimum Gasteiger partial charge on any atom is -0.462 e. The van der Waals surface area contributed by atoms with E-state index in [1.807, 2.05) is 20.8 Å². The second-order valence-electron chi connectivity index (χ2n) is 10.2. The monoisotopic (exact) mass is 510 g/mol. The van der Waals surface area contributed by atoms with E-state index in [0.717, 1.165) is 102 Å². The van der Waals surface area contributed by atoms with Gasteiger partial charge in [-0.3, -0.25) is 4.79 Å². The predicted octanol–water partition coefficient (Wildman–Crippen LogP) is 8.01. The molecule has 0 radical (unpaired) electrons. The molecule has 0 bridgehead atoms. The second kappa shape index (κ2) is 22.4. The van der Waals surface area contributed by atoms with Gasteiger partial charge in [0, 0.05) is 6.08 Å². The highest BCUT2D eigenvalue weighted by Gasteiger charge is 2.22. The smallest absolute Gasteiger partial charge is 0.335 e. The number of carbonyl (C=O) groups excluding carboxylic acids is 3. The first kappa shape index (κ1) is 34.1. The summed E-state index contributed by atoms with van der Waals surface area (Å²) < 4.78 is 16.5. The molecule has 0 spiro atoms. The van der Waals surface area contributed by atoms with E-state index in [2.05, 4.69) is 20.8 Å². The Labute approximate surface area is 220 Å². The first-order valence-corrected chi connectivity index (χ1v) is 14.5. The van der Waals surface area contributed by atoms with Crippen LogP contribution in [0, 0.1) is 0 Å². The largest absolute Gasteiger partial charge is 0.462 e. The van der Waals surface area contributed by atoms with Crippen LogP contribution in [0.15, 0.2) is 11.6 Å². The van der Waals surface area contributed by atoms with Gasteiger partial charge < -0.3 is 14.2 Å². The van der Waals surface area contributed by atoms with Gasteiger partial charge in [0.05, 0.1) is 30.3 Å². The molecule has 0 rings (SSSR count). The third-order valence-electron chi connectivity index (χ3n) is 6.24. The Morgan fingerprint density at radius 3 is 1.44 bits per heavy atom. The number of rotatable bonds is 22. The maximum Gasteiger partial charge on any atom is 0.335 e. The average Bonchev–Trinajstić information content (AvgIpc) is 2.81. The van der Waals surface area contributed by atoms with Gasteiger partial charge >= 0.3 is 17.9 Å². The lowest BCUT2D eigenvalue weighted by molar-refractivity contribution is -0.151. The molecule has 3 atom stereocenters. The van der Waals surface area contributed by atoms with Gasteiger partial charge in [-0.05, 0) is 59.3 Å². The summed E-state index contributed by atoms with van der Waals surface area (Å²) in [7, 11) is 0. The normalized spacial score (nSPS) is 14.1. The van der Waals surface area contributed by atoms with E-state index in [4.69, 9.17) is 14.2 Å². The van der Waals surface area contributed by atoms with Crippen LogP contribution in [0.3, 0.4) is 0 Å². The third kappa shape index (κ3) is 19.4. The molecular formula is C30H54O6. The van der Waals surface area contributed by atoms with Crippen molar-refractivity contribution in [3.8, 4) is 0 Å². The highest BCUT2D eigenvalue weighted by atomic mass is 16.6. The van der Waals surface area contributed by atoms with E-state index in [1.165, 1.54) is 0 Å². The van der Waals surface area contributed by atoms with Crippen LogP contribution in [0.5, 0.6) is 0 Å². The molecule has 0 fully saturated rings. The van der Waals surface area contributed by atoms with Crippen molar-refractivity contribution in [2.45, 2.75) is 163 Å². The summed E-state index contributed by atoms with van der Waals surface area (Å²) in [6, 6.07) is 0. The molecule has 0 amide bonds. The van der Waals surface area contributed by atoms with E-state index in [9.17, 15) is 14.4 Å². The van der Waals surface area contributed by atoms with Gasteiger partial charge in [0.2, 0.25) is 0 Å². The molecule has 0 saturated heterocycles. The molecule has 36 heavy (non-hydrogen) atoms. The van der Waals surface area contributed by atoms with E-state index < -0.39 is 17.9 Å². The van der Waals surface area contributed by atoms with Gasteiger partial charge in [-0.1, -0.05) is 78.6 Å². The van der Waals surface area contributed by atoms with Crippen LogP contribution in [0.2, 0.25) is 0 Å². The highest BCUT2D eigenvalue weighted by molar-refractivity contribution is 5.99. The van der Waals surface area contributed by atoms with E-state index in [1.54, 1.807) is 0 Å². The summed E-state index contributed by atoms with van der Waals surface area (Å²) in [6.07, 6.45) is 15.5. The molecule has 0 aliphatic heterocycles. The Morgan fingerprint density at radius 1 is 0.583 bits per heavy atom. The Morgan fingerprint density at radius 2 is 1.00 bits per heavy atom. The Hall–Kier alpha value is -1.85. The summed E-state index contributed by atoms with van der Waals surface area (Å²) in [6.45, 7) is 12.0. The van der Waals surface area contributed by atoms with Gasteiger partial charge in [-0.2, -0.15) is 0 Å². The van der Waals surface area contributed by atoms with Crippen molar-refractivity contribution in [2.75, 3.05) is 0 Å². The van der Waals surface area contributed by atoms with Gasteiger partial charge in [-0.15, -0.1) is 0 Å². The van der Waals surface area contributed by atoms with Crippen LogP contribution >= 0.6 is 0 Å². The number of carbonyl (C=O) groups is 3. The van der Waals surface area contributed by atoms with Crippen LogP contribution in [0.1, 0.15) is 144 Å². The Balaban J connectivity index is 5.05. The van der Waals surface area contributed by atoms with Crippen LogP contribution in [-0.4, -0.2) is 36.2 Å². The SMILES string of the molecule is CCCCCC[C@H](C)OC(=O)/C=C(/CC(=O)O[C@@H](C)CCCCCC)C(=O)O[C@@H](C)CCCCCC. The molecule has 0 saturated carbocycles. The molecule has 0 heterocycles. The van der Waals surface area contributed by atoms with Crippen LogP contribution in [0.25, 0.3) is 0 Å². The zero-order chi connectivity index (χ0) is 27.2. The standard InChI is InChI=1S/C30H54O6/c1-7-10-13-16-19-24(4)34-28(31)22-27(30(33)36-26(6)21-18-15-12-9-3)23-29(32)35-25(5)20-17-14-11-8-2/h22,24-26H,7-21,23H2,1-6H3/b27-22-/t24-,25-,26-/m0/s1. The average molecular weight is 511 g/mol. The van der Waals surface area contributed by atoms with E-state index in [0.29, 0.717) is 0 Å². The lowest BCUT2D eigenvalue weighted by atomic mass is 10.1. The zero-order valence-corrected chi connectivity index (χ0v) is 24.1. The molecule has 6 nitrogen and oxygen atoms in total. The molecule has 0 aliphatic carbocycles. The summed E-state index contributed by atoms with van der Waals surface area (Å²) in [5, 5.41) is 0. The maximum atomic E-state index is 12.9. The zero-order valence-electron chi connectivity index (χ0n) is 24.1. The van der Waals surface area contributed by atoms with Gasteiger partial charge in [-0.25, -0.2) is 9.59 Å². The molecule has 0 aromatic carbocycles.